The second-order valence-electron chi connectivity index (χ2n) is 9.86. The number of thiophene rings is 1. The largest absolute Gasteiger partial charge is 0.479 e. The van der Waals surface area contributed by atoms with E-state index < -0.39 is 6.10 Å². The molecule has 10 heteroatoms. The number of carbonyl (C=O) groups is 3. The number of ether oxygens (including phenoxy) is 1. The maximum atomic E-state index is 13.2. The van der Waals surface area contributed by atoms with E-state index in [4.69, 9.17) is 16.3 Å². The van der Waals surface area contributed by atoms with Crippen LogP contribution in [0.1, 0.15) is 31.2 Å². The van der Waals surface area contributed by atoms with Gasteiger partial charge in [0, 0.05) is 65.4 Å². The monoisotopic (exact) mass is 558 g/mol. The van der Waals surface area contributed by atoms with Crippen molar-refractivity contribution in [3.63, 3.8) is 0 Å². The quantitative estimate of drug-likeness (QED) is 0.378. The van der Waals surface area contributed by atoms with Gasteiger partial charge in [0.25, 0.3) is 17.7 Å². The van der Waals surface area contributed by atoms with E-state index in [1.54, 1.807) is 30.5 Å². The van der Waals surface area contributed by atoms with Gasteiger partial charge in [0.15, 0.2) is 6.10 Å². The summed E-state index contributed by atoms with van der Waals surface area (Å²) in [5, 5.41) is 3.83. The summed E-state index contributed by atoms with van der Waals surface area (Å²) in [6.07, 6.45) is 1.61. The van der Waals surface area contributed by atoms with Gasteiger partial charge in [-0.25, -0.2) is 0 Å². The van der Waals surface area contributed by atoms with Gasteiger partial charge < -0.3 is 15.0 Å². The lowest BCUT2D eigenvalue weighted by atomic mass is 10.0. The molecule has 0 radical (unpaired) electrons. The predicted molar refractivity (Wildman–Crippen MR) is 148 cm³/mol. The van der Waals surface area contributed by atoms with Crippen molar-refractivity contribution in [3.05, 3.63) is 81.3 Å². The second-order valence-corrected chi connectivity index (χ2v) is 11.4. The second kappa shape index (κ2) is 9.44. The molecular formula is C29H23ClN4O4S. The van der Waals surface area contributed by atoms with Crippen LogP contribution in [0.15, 0.2) is 54.7 Å². The Morgan fingerprint density at radius 3 is 2.51 bits per heavy atom. The van der Waals surface area contributed by atoms with E-state index in [0.29, 0.717) is 41.4 Å². The van der Waals surface area contributed by atoms with Crippen LogP contribution in [0.3, 0.4) is 0 Å². The summed E-state index contributed by atoms with van der Waals surface area (Å²) in [5.41, 5.74) is 4.20. The van der Waals surface area contributed by atoms with Crippen LogP contribution in [-0.2, 0) is 17.8 Å². The summed E-state index contributed by atoms with van der Waals surface area (Å²) in [6.45, 7) is 3.05. The Morgan fingerprint density at radius 2 is 1.77 bits per heavy atom. The van der Waals surface area contributed by atoms with Crippen molar-refractivity contribution >= 4 is 50.9 Å². The fraction of sp³-hybridized carbons (Fsp3) is 0.241. The number of piperazine rings is 1. The molecule has 3 amide bonds. The van der Waals surface area contributed by atoms with Gasteiger partial charge in [-0.2, -0.15) is 0 Å². The van der Waals surface area contributed by atoms with Gasteiger partial charge in [0.05, 0.1) is 27.9 Å². The first-order chi connectivity index (χ1) is 19.0. The van der Waals surface area contributed by atoms with Crippen LogP contribution in [0, 0.1) is 0 Å². The smallest absolute Gasteiger partial charge is 0.264 e. The fourth-order valence-electron chi connectivity index (χ4n) is 5.57. The topological polar surface area (TPSA) is 91.8 Å². The lowest BCUT2D eigenvalue weighted by Gasteiger charge is -2.29. The molecule has 196 valence electrons. The molecule has 1 fully saturated rings. The molecule has 0 bridgehead atoms. The van der Waals surface area contributed by atoms with Crippen LogP contribution in [0.5, 0.6) is 5.75 Å². The van der Waals surface area contributed by atoms with Gasteiger partial charge in [0.2, 0.25) is 0 Å². The number of hydrogen-bond acceptors (Lipinski definition) is 7. The first-order valence-corrected chi connectivity index (χ1v) is 14.0. The van der Waals surface area contributed by atoms with E-state index in [-0.39, 0.29) is 24.3 Å². The van der Waals surface area contributed by atoms with E-state index in [1.165, 1.54) is 16.2 Å². The Morgan fingerprint density at radius 1 is 1.03 bits per heavy atom. The summed E-state index contributed by atoms with van der Waals surface area (Å²) < 4.78 is 7.20. The van der Waals surface area contributed by atoms with Crippen molar-refractivity contribution < 1.29 is 19.1 Å². The lowest BCUT2D eigenvalue weighted by Crippen LogP contribution is -2.50. The average molecular weight is 559 g/mol. The molecule has 3 aliphatic heterocycles. The third-order valence-electron chi connectivity index (χ3n) is 7.45. The number of imide groups is 1. The highest BCUT2D eigenvalue weighted by molar-refractivity contribution is 7.19. The van der Waals surface area contributed by atoms with Crippen molar-refractivity contribution in [2.75, 3.05) is 26.2 Å². The van der Waals surface area contributed by atoms with Crippen LogP contribution >= 0.6 is 22.9 Å². The number of nitrogens with one attached hydrogen (secondary N) is 1. The number of fused-ring (bicyclic) bond motifs is 3. The number of halogens is 1. The van der Waals surface area contributed by atoms with Crippen molar-refractivity contribution in [2.24, 2.45) is 0 Å². The third kappa shape index (κ3) is 4.09. The van der Waals surface area contributed by atoms with Crippen LogP contribution in [-0.4, -0.2) is 64.8 Å². The van der Waals surface area contributed by atoms with E-state index in [1.807, 2.05) is 29.2 Å². The van der Waals surface area contributed by atoms with Crippen molar-refractivity contribution in [3.8, 4) is 16.9 Å². The van der Waals surface area contributed by atoms with Gasteiger partial charge in [-0.15, -0.1) is 11.3 Å². The number of carbonyl (C=O) groups excluding carboxylic acids is 3. The average Bonchev–Trinajstić information content (AvgIpc) is 3.64. The molecule has 3 aliphatic rings. The highest BCUT2D eigenvalue weighted by Gasteiger charge is 2.37. The molecule has 1 unspecified atom stereocenters. The molecule has 4 aromatic rings. The number of amides is 3. The van der Waals surface area contributed by atoms with Crippen LogP contribution in [0.25, 0.3) is 21.3 Å². The highest BCUT2D eigenvalue weighted by Crippen LogP contribution is 2.45. The normalized spacial score (nSPS) is 18.4. The summed E-state index contributed by atoms with van der Waals surface area (Å²) in [4.78, 5) is 47.5. The highest BCUT2D eigenvalue weighted by atomic mass is 35.5. The number of benzene rings is 2. The Kier molecular flexibility index (Phi) is 5.88. The zero-order chi connectivity index (χ0) is 26.7. The van der Waals surface area contributed by atoms with Crippen molar-refractivity contribution in [1.29, 1.82) is 0 Å². The standard InChI is InChI=1S/C29H23ClN4O4S/c30-17-11-16-12-24(29(37)33-9-7-31-8-10-33)38-25(16)22(13-17)19-5-6-32-23-14-18(39-26(19)23)15-34-27(35)20-3-1-2-4-21(20)28(34)36/h1-6,11,13-14,24,31H,7-10,12,15H2. The summed E-state index contributed by atoms with van der Waals surface area (Å²) in [6, 6.07) is 14.4. The molecule has 0 spiro atoms. The Bertz CT molecular complexity index is 1640. The minimum atomic E-state index is -0.583. The number of pyridine rings is 1. The Labute approximate surface area is 233 Å². The zero-order valence-corrected chi connectivity index (χ0v) is 22.3. The molecule has 2 aromatic heterocycles. The molecule has 2 aromatic carbocycles. The molecule has 1 N–H and O–H groups in total. The summed E-state index contributed by atoms with van der Waals surface area (Å²) >= 11 is 8.03. The van der Waals surface area contributed by atoms with Gasteiger partial charge in [0.1, 0.15) is 5.75 Å². The van der Waals surface area contributed by atoms with Crippen molar-refractivity contribution in [1.82, 2.24) is 20.1 Å². The molecule has 39 heavy (non-hydrogen) atoms. The third-order valence-corrected chi connectivity index (χ3v) is 8.81. The molecular weight excluding hydrogens is 536 g/mol. The van der Waals surface area contributed by atoms with E-state index in [2.05, 4.69) is 10.3 Å². The van der Waals surface area contributed by atoms with E-state index in [0.717, 1.165) is 44.9 Å². The van der Waals surface area contributed by atoms with E-state index in [9.17, 15) is 14.4 Å². The van der Waals surface area contributed by atoms with Crippen molar-refractivity contribution in [2.45, 2.75) is 19.1 Å². The maximum absolute atomic E-state index is 13.2. The van der Waals surface area contributed by atoms with Gasteiger partial charge in [-0.05, 0) is 36.4 Å². The fourth-order valence-corrected chi connectivity index (χ4v) is 6.94. The summed E-state index contributed by atoms with van der Waals surface area (Å²) in [7, 11) is 0. The summed E-state index contributed by atoms with van der Waals surface area (Å²) in [5.74, 6) is 0.0784. The number of rotatable bonds is 4. The maximum Gasteiger partial charge on any atom is 0.264 e. The predicted octanol–water partition coefficient (Wildman–Crippen LogP) is 4.15. The number of nitrogens with zero attached hydrogens (tertiary/aromatic N) is 3. The lowest BCUT2D eigenvalue weighted by molar-refractivity contribution is -0.138. The molecule has 8 nitrogen and oxygen atoms in total. The molecule has 0 aliphatic carbocycles. The zero-order valence-electron chi connectivity index (χ0n) is 20.8. The van der Waals surface area contributed by atoms with Crippen LogP contribution in [0.2, 0.25) is 5.02 Å². The first kappa shape index (κ1) is 24.3. The molecule has 1 saturated heterocycles. The molecule has 5 heterocycles. The molecule has 0 saturated carbocycles. The van der Waals surface area contributed by atoms with Gasteiger partial charge in [-0.3, -0.25) is 24.3 Å². The van der Waals surface area contributed by atoms with Crippen LogP contribution in [0.4, 0.5) is 0 Å². The first-order valence-electron chi connectivity index (χ1n) is 12.8. The molecule has 7 rings (SSSR count). The minimum absolute atomic E-state index is 0.00555. The number of aromatic nitrogens is 1. The van der Waals surface area contributed by atoms with E-state index >= 15 is 0 Å². The van der Waals surface area contributed by atoms with Gasteiger partial charge >= 0.3 is 0 Å². The molecule has 1 atom stereocenters. The SMILES string of the molecule is O=C(C1Cc2cc(Cl)cc(-c3ccnc4cc(CN5C(=O)c6ccccc6C5=O)sc34)c2O1)N1CCNCC1. The Hall–Kier alpha value is -3.79. The minimum Gasteiger partial charge on any atom is -0.479 e. The van der Waals surface area contributed by atoms with Gasteiger partial charge in [-0.1, -0.05) is 23.7 Å². The number of hydrogen-bond donors (Lipinski definition) is 1. The Balaban J connectivity index is 1.21. The van der Waals surface area contributed by atoms with Crippen LogP contribution < -0.4 is 10.1 Å².